The second kappa shape index (κ2) is 17.0. The minimum atomic E-state index is -3.55. The number of ether oxygens (including phenoxy) is 2. The maximum Gasteiger partial charge on any atom is 0.342 e. The van der Waals surface area contributed by atoms with Gasteiger partial charge in [-0.1, -0.05) is 50.3 Å². The molecule has 5 rings (SSSR count). The maximum atomic E-state index is 14.2. The molecule has 0 fully saturated rings. The predicted octanol–water partition coefficient (Wildman–Crippen LogP) is 5.86. The van der Waals surface area contributed by atoms with Crippen LogP contribution in [-0.4, -0.2) is 85.3 Å². The molecule has 49 heavy (non-hydrogen) atoms. The van der Waals surface area contributed by atoms with Crippen molar-refractivity contribution in [2.75, 3.05) is 40.2 Å². The third-order valence-electron chi connectivity index (χ3n) is 8.15. The molecule has 0 bridgehead atoms. The molecule has 0 saturated carbocycles. The number of nitrogens with one attached hydrogen (secondary N) is 1. The topological polar surface area (TPSA) is 130 Å². The van der Waals surface area contributed by atoms with Gasteiger partial charge in [-0.15, -0.1) is 0 Å². The number of hydrogen-bond donors (Lipinski definition) is 2. The summed E-state index contributed by atoms with van der Waals surface area (Å²) in [5, 5.41) is 14.2. The van der Waals surface area contributed by atoms with E-state index >= 15 is 0 Å². The summed E-state index contributed by atoms with van der Waals surface area (Å²) in [4.78, 5) is 35.1. The molecule has 2 aromatic rings. The number of rotatable bonds is 14. The van der Waals surface area contributed by atoms with Crippen LogP contribution in [0.4, 0.5) is 4.39 Å². The van der Waals surface area contributed by atoms with Crippen molar-refractivity contribution < 1.29 is 37.6 Å². The quantitative estimate of drug-likeness (QED) is 0.235. The number of halogens is 1. The second-order valence-corrected chi connectivity index (χ2v) is 14.0. The van der Waals surface area contributed by atoms with Crippen LogP contribution in [0.2, 0.25) is 0 Å². The summed E-state index contributed by atoms with van der Waals surface area (Å²) in [7, 11) is -0.353. The normalized spacial score (nSPS) is 20.6. The Balaban J connectivity index is 0.00000265. The van der Waals surface area contributed by atoms with Gasteiger partial charge in [0.15, 0.2) is 0 Å². The molecule has 0 aromatic heterocycles. The molecule has 2 aromatic carbocycles. The van der Waals surface area contributed by atoms with Gasteiger partial charge in [0.25, 0.3) is 5.91 Å². The standard InChI is InChI=1S/C34H40FN4O7P.C2H6/c1-22(20-44-4)37-47(43,46-26-9-6-5-7-10-26)21-45-23(2)17-38(3)33(41)29-27-11-8-16-36-31(27)32(40)30-28(29)19-39(34(30)42)18-24-12-14-25(35)15-13-24;1-2/h5-16,22-23,27,29,40H,17-21H2,1-4H3,(H,37,43);1-2H3/t22-,23?,27?,29?,47?;/m0./s1. The van der Waals surface area contributed by atoms with E-state index in [1.165, 1.54) is 28.1 Å². The Morgan fingerprint density at radius 2 is 1.86 bits per heavy atom. The van der Waals surface area contributed by atoms with E-state index in [4.69, 9.17) is 14.0 Å². The summed E-state index contributed by atoms with van der Waals surface area (Å²) in [6, 6.07) is 14.4. The fourth-order valence-electron chi connectivity index (χ4n) is 6.06. The minimum absolute atomic E-state index is 0.0807. The zero-order valence-electron chi connectivity index (χ0n) is 28.8. The first-order valence-electron chi connectivity index (χ1n) is 16.4. The number of para-hydroxylation sites is 1. The summed E-state index contributed by atoms with van der Waals surface area (Å²) >= 11 is 0. The number of carbonyl (C=O) groups excluding carboxylic acids is 2. The Kier molecular flexibility index (Phi) is 13.1. The van der Waals surface area contributed by atoms with Crippen molar-refractivity contribution >= 4 is 25.5 Å². The number of hydrogen-bond acceptors (Lipinski definition) is 8. The second-order valence-electron chi connectivity index (χ2n) is 12.0. The largest absolute Gasteiger partial charge is 0.505 e. The predicted molar refractivity (Wildman–Crippen MR) is 187 cm³/mol. The Bertz CT molecular complexity index is 1640. The van der Waals surface area contributed by atoms with Gasteiger partial charge >= 0.3 is 7.52 Å². The van der Waals surface area contributed by atoms with E-state index in [0.29, 0.717) is 23.5 Å². The molecule has 3 aliphatic rings. The molecule has 0 radical (unpaired) electrons. The number of aliphatic imine (C=N–C) groups is 1. The molecule has 2 aliphatic heterocycles. The number of benzene rings is 2. The van der Waals surface area contributed by atoms with Gasteiger partial charge in [0.1, 0.15) is 23.7 Å². The van der Waals surface area contributed by atoms with Crippen molar-refractivity contribution in [1.82, 2.24) is 14.9 Å². The van der Waals surface area contributed by atoms with E-state index in [0.717, 1.165) is 0 Å². The number of amides is 2. The van der Waals surface area contributed by atoms with Crippen LogP contribution >= 0.6 is 7.52 Å². The van der Waals surface area contributed by atoms with E-state index in [1.807, 2.05) is 26.8 Å². The van der Waals surface area contributed by atoms with Gasteiger partial charge in [-0.3, -0.25) is 19.1 Å². The lowest BCUT2D eigenvalue weighted by Crippen LogP contribution is -2.43. The number of likely N-dealkylation sites (N-methyl/N-ethyl adjacent to an activating group) is 1. The van der Waals surface area contributed by atoms with E-state index in [-0.39, 0.29) is 60.8 Å². The van der Waals surface area contributed by atoms with Crippen LogP contribution in [0.3, 0.4) is 0 Å². The fourth-order valence-corrected chi connectivity index (χ4v) is 7.90. The van der Waals surface area contributed by atoms with Crippen LogP contribution in [0.5, 0.6) is 5.75 Å². The number of fused-ring (bicyclic) bond motifs is 1. The summed E-state index contributed by atoms with van der Waals surface area (Å²) in [6.07, 6.45) is 4.23. The molecule has 11 nitrogen and oxygen atoms in total. The van der Waals surface area contributed by atoms with Crippen LogP contribution in [0.15, 0.2) is 94.3 Å². The van der Waals surface area contributed by atoms with Gasteiger partial charge in [0.2, 0.25) is 5.91 Å². The average Bonchev–Trinajstić information content (AvgIpc) is 3.41. The zero-order valence-corrected chi connectivity index (χ0v) is 29.7. The van der Waals surface area contributed by atoms with Crippen LogP contribution in [0.1, 0.15) is 33.3 Å². The minimum Gasteiger partial charge on any atom is -0.505 e. The summed E-state index contributed by atoms with van der Waals surface area (Å²) in [5.74, 6) is -2.26. The summed E-state index contributed by atoms with van der Waals surface area (Å²) in [5.41, 5.74) is 1.56. The van der Waals surface area contributed by atoms with Crippen molar-refractivity contribution in [3.8, 4) is 5.75 Å². The molecule has 0 saturated heterocycles. The monoisotopic (exact) mass is 696 g/mol. The molecular weight excluding hydrogens is 650 g/mol. The lowest BCUT2D eigenvalue weighted by Gasteiger charge is -2.34. The molecule has 1 aliphatic carbocycles. The SMILES string of the molecule is CC.COC[C@H](C)NP(=O)(COC(C)CN(C)C(=O)C1C2=C(C(=O)N(Cc3ccc(F)cc3)C2)C(O)=C2N=CC=CC21)Oc1ccccc1. The lowest BCUT2D eigenvalue weighted by molar-refractivity contribution is -0.135. The van der Waals surface area contributed by atoms with Crippen LogP contribution in [-0.2, 0) is 30.2 Å². The van der Waals surface area contributed by atoms with Crippen LogP contribution in [0.25, 0.3) is 0 Å². The van der Waals surface area contributed by atoms with Gasteiger partial charge in [0.05, 0.1) is 29.9 Å². The van der Waals surface area contributed by atoms with Crippen molar-refractivity contribution in [3.05, 3.63) is 101 Å². The molecule has 13 heteroatoms. The van der Waals surface area contributed by atoms with Crippen molar-refractivity contribution in [3.63, 3.8) is 0 Å². The van der Waals surface area contributed by atoms with Crippen LogP contribution in [0, 0.1) is 17.7 Å². The first-order valence-corrected chi connectivity index (χ1v) is 18.2. The van der Waals surface area contributed by atoms with Crippen LogP contribution < -0.4 is 9.61 Å². The summed E-state index contributed by atoms with van der Waals surface area (Å²) in [6.45, 7) is 8.36. The van der Waals surface area contributed by atoms with E-state index in [1.54, 1.807) is 69.6 Å². The first-order chi connectivity index (χ1) is 23.5. The Labute approximate surface area is 287 Å². The number of methoxy groups -OCH3 is 1. The zero-order chi connectivity index (χ0) is 35.7. The van der Waals surface area contributed by atoms with Crippen molar-refractivity contribution in [2.24, 2.45) is 16.8 Å². The Hall–Kier alpha value is -4.09. The lowest BCUT2D eigenvalue weighted by atomic mass is 9.75. The fraction of sp³-hybridized carbons (Fsp3) is 0.417. The molecular formula is C36H46FN4O7P. The number of allylic oxidation sites excluding steroid dienone is 2. The molecule has 264 valence electrons. The molecule has 2 amide bonds. The van der Waals surface area contributed by atoms with Crippen molar-refractivity contribution in [2.45, 2.75) is 46.4 Å². The average molecular weight is 697 g/mol. The number of dihydropyridines is 1. The molecule has 4 unspecified atom stereocenters. The Morgan fingerprint density at radius 3 is 2.53 bits per heavy atom. The third-order valence-corrected chi connectivity index (χ3v) is 9.98. The number of aliphatic hydroxyl groups is 1. The van der Waals surface area contributed by atoms with E-state index in [2.05, 4.69) is 10.1 Å². The highest BCUT2D eigenvalue weighted by atomic mass is 31.2. The number of carbonyl (C=O) groups is 2. The smallest absolute Gasteiger partial charge is 0.342 e. The maximum absolute atomic E-state index is 14.2. The number of aliphatic hydroxyl groups excluding tert-OH is 1. The molecule has 2 N–H and O–H groups in total. The van der Waals surface area contributed by atoms with E-state index < -0.39 is 31.4 Å². The first kappa shape index (κ1) is 37.7. The van der Waals surface area contributed by atoms with Gasteiger partial charge in [-0.25, -0.2) is 9.48 Å². The molecule has 5 atom stereocenters. The van der Waals surface area contributed by atoms with Gasteiger partial charge in [-0.05, 0) is 55.3 Å². The molecule has 2 heterocycles. The van der Waals surface area contributed by atoms with Gasteiger partial charge in [-0.2, -0.15) is 0 Å². The number of nitrogens with zero attached hydrogens (tertiary/aromatic N) is 3. The molecule has 0 spiro atoms. The Morgan fingerprint density at radius 1 is 1.16 bits per heavy atom. The van der Waals surface area contributed by atoms with E-state index in [9.17, 15) is 23.7 Å². The third kappa shape index (κ3) is 9.13. The van der Waals surface area contributed by atoms with Crippen molar-refractivity contribution in [1.29, 1.82) is 0 Å². The highest BCUT2D eigenvalue weighted by Gasteiger charge is 2.48. The highest BCUT2D eigenvalue weighted by molar-refractivity contribution is 7.57. The van der Waals surface area contributed by atoms with Gasteiger partial charge < -0.3 is 28.9 Å². The summed E-state index contributed by atoms with van der Waals surface area (Å²) < 4.78 is 44.4. The van der Waals surface area contributed by atoms with Gasteiger partial charge in [0, 0.05) is 52.0 Å². The highest BCUT2D eigenvalue weighted by Crippen LogP contribution is 2.46.